The molecule has 1 heterocycles. The molecule has 0 spiro atoms. The zero-order valence-corrected chi connectivity index (χ0v) is 14.0. The van der Waals surface area contributed by atoms with Crippen LogP contribution in [0.2, 0.25) is 0 Å². The SMILES string of the molecule is CC(C)OC(=O)OCO[P@@](=O)(OCC1CCCO1)C(C)C. The summed E-state index contributed by atoms with van der Waals surface area (Å²) in [5.74, 6) is 0. The molecule has 0 saturated carbocycles. The number of hydrogen-bond acceptors (Lipinski definition) is 7. The second-order valence-electron chi connectivity index (χ2n) is 5.37. The Labute approximate surface area is 125 Å². The van der Waals surface area contributed by atoms with Gasteiger partial charge in [0, 0.05) is 6.61 Å². The predicted molar refractivity (Wildman–Crippen MR) is 76.3 cm³/mol. The average molecular weight is 324 g/mol. The molecule has 1 aliphatic heterocycles. The van der Waals surface area contributed by atoms with Gasteiger partial charge in [-0.3, -0.25) is 9.09 Å². The van der Waals surface area contributed by atoms with Gasteiger partial charge in [0.1, 0.15) is 0 Å². The molecule has 7 nitrogen and oxygen atoms in total. The normalized spacial score (nSPS) is 21.5. The molecule has 0 aliphatic carbocycles. The number of carbonyl (C=O) groups excluding carboxylic acids is 1. The van der Waals surface area contributed by atoms with E-state index < -0.39 is 20.5 Å². The first-order valence-corrected chi connectivity index (χ1v) is 8.78. The van der Waals surface area contributed by atoms with Crippen molar-refractivity contribution in [2.24, 2.45) is 0 Å². The lowest BCUT2D eigenvalue weighted by Crippen LogP contribution is -2.18. The van der Waals surface area contributed by atoms with Crippen LogP contribution in [-0.4, -0.2) is 44.0 Å². The fourth-order valence-electron chi connectivity index (χ4n) is 1.67. The van der Waals surface area contributed by atoms with Crippen molar-refractivity contribution in [3.05, 3.63) is 0 Å². The smallest absolute Gasteiger partial charge is 0.432 e. The van der Waals surface area contributed by atoms with E-state index in [1.54, 1.807) is 27.7 Å². The molecule has 124 valence electrons. The molecule has 21 heavy (non-hydrogen) atoms. The summed E-state index contributed by atoms with van der Waals surface area (Å²) < 4.78 is 38.0. The van der Waals surface area contributed by atoms with Crippen LogP contribution in [0, 0.1) is 0 Å². The molecule has 1 fully saturated rings. The van der Waals surface area contributed by atoms with Gasteiger partial charge in [-0.05, 0) is 26.7 Å². The lowest BCUT2D eigenvalue weighted by atomic mass is 10.2. The van der Waals surface area contributed by atoms with E-state index in [9.17, 15) is 9.36 Å². The fourth-order valence-corrected chi connectivity index (χ4v) is 2.92. The molecule has 0 bridgehead atoms. The van der Waals surface area contributed by atoms with E-state index in [4.69, 9.17) is 23.3 Å². The van der Waals surface area contributed by atoms with Crippen LogP contribution in [0.5, 0.6) is 0 Å². The first-order chi connectivity index (χ1) is 9.83. The quantitative estimate of drug-likeness (QED) is 0.385. The lowest BCUT2D eigenvalue weighted by molar-refractivity contribution is -0.0167. The van der Waals surface area contributed by atoms with Gasteiger partial charge in [0.15, 0.2) is 0 Å². The minimum Gasteiger partial charge on any atom is -0.432 e. The van der Waals surface area contributed by atoms with Crippen molar-refractivity contribution in [1.29, 1.82) is 0 Å². The van der Waals surface area contributed by atoms with Gasteiger partial charge in [0.25, 0.3) is 0 Å². The molecule has 2 atom stereocenters. The molecule has 0 N–H and O–H groups in total. The van der Waals surface area contributed by atoms with Gasteiger partial charge in [-0.15, -0.1) is 0 Å². The largest absolute Gasteiger partial charge is 0.510 e. The summed E-state index contributed by atoms with van der Waals surface area (Å²) in [5.41, 5.74) is -0.344. The van der Waals surface area contributed by atoms with E-state index in [2.05, 4.69) is 0 Å². The van der Waals surface area contributed by atoms with Crippen molar-refractivity contribution < 1.29 is 32.6 Å². The Morgan fingerprint density at radius 2 is 2.00 bits per heavy atom. The Bertz CT molecular complexity index is 364. The summed E-state index contributed by atoms with van der Waals surface area (Å²) in [6.45, 7) is 7.30. The summed E-state index contributed by atoms with van der Waals surface area (Å²) in [6.07, 6.45) is 0.664. The van der Waals surface area contributed by atoms with Crippen LogP contribution in [0.4, 0.5) is 4.79 Å². The number of rotatable bonds is 8. The van der Waals surface area contributed by atoms with E-state index in [0.29, 0.717) is 6.61 Å². The van der Waals surface area contributed by atoms with Gasteiger partial charge < -0.3 is 18.7 Å². The van der Waals surface area contributed by atoms with Crippen molar-refractivity contribution >= 4 is 13.8 Å². The Balaban J connectivity index is 2.36. The molecular weight excluding hydrogens is 299 g/mol. The summed E-state index contributed by atoms with van der Waals surface area (Å²) in [7, 11) is -3.35. The molecule has 1 aliphatic rings. The van der Waals surface area contributed by atoms with Gasteiger partial charge >= 0.3 is 13.8 Å². The zero-order chi connectivity index (χ0) is 15.9. The van der Waals surface area contributed by atoms with Gasteiger partial charge in [-0.2, -0.15) is 0 Å². The van der Waals surface area contributed by atoms with Gasteiger partial charge in [0.2, 0.25) is 6.79 Å². The van der Waals surface area contributed by atoms with E-state index >= 15 is 0 Å². The molecule has 0 aromatic carbocycles. The molecule has 0 radical (unpaired) electrons. The van der Waals surface area contributed by atoms with Crippen LogP contribution in [0.3, 0.4) is 0 Å². The van der Waals surface area contributed by atoms with Crippen molar-refractivity contribution in [3.8, 4) is 0 Å². The standard InChI is InChI=1S/C13H25O7P/c1-10(2)20-13(14)17-9-19-21(15,11(3)4)18-8-12-6-5-7-16-12/h10-12H,5-9H2,1-4H3/t12?,21-/m0/s1. The maximum Gasteiger partial charge on any atom is 0.510 e. The molecule has 0 aromatic rings. The molecule has 8 heteroatoms. The Morgan fingerprint density at radius 1 is 1.29 bits per heavy atom. The van der Waals surface area contributed by atoms with E-state index in [1.807, 2.05) is 0 Å². The minimum absolute atomic E-state index is 0.0486. The third-order valence-corrected chi connectivity index (χ3v) is 5.08. The molecular formula is C13H25O7P. The van der Waals surface area contributed by atoms with Crippen molar-refractivity contribution in [2.45, 2.75) is 58.4 Å². The van der Waals surface area contributed by atoms with Crippen LogP contribution in [0.15, 0.2) is 0 Å². The highest BCUT2D eigenvalue weighted by Gasteiger charge is 2.32. The van der Waals surface area contributed by atoms with Crippen molar-refractivity contribution in [3.63, 3.8) is 0 Å². The predicted octanol–water partition coefficient (Wildman–Crippen LogP) is 3.32. The summed E-state index contributed by atoms with van der Waals surface area (Å²) in [6, 6.07) is 0. The highest BCUT2D eigenvalue weighted by molar-refractivity contribution is 7.54. The Morgan fingerprint density at radius 3 is 2.52 bits per heavy atom. The second-order valence-corrected chi connectivity index (χ2v) is 8.00. The molecule has 0 aromatic heterocycles. The lowest BCUT2D eigenvalue weighted by Gasteiger charge is -2.23. The molecule has 1 rings (SSSR count). The third kappa shape index (κ3) is 6.78. The fraction of sp³-hybridized carbons (Fsp3) is 0.923. The number of hydrogen-bond donors (Lipinski definition) is 0. The maximum atomic E-state index is 12.5. The third-order valence-electron chi connectivity index (χ3n) is 2.84. The first kappa shape index (κ1) is 18.4. The number of carbonyl (C=O) groups is 1. The van der Waals surface area contributed by atoms with Gasteiger partial charge in [-0.1, -0.05) is 13.8 Å². The van der Waals surface area contributed by atoms with E-state index in [-0.39, 0.29) is 24.5 Å². The maximum absolute atomic E-state index is 12.5. The Hall–Kier alpha value is -0.620. The monoisotopic (exact) mass is 324 g/mol. The number of ether oxygens (including phenoxy) is 3. The van der Waals surface area contributed by atoms with Gasteiger partial charge in [-0.25, -0.2) is 4.79 Å². The van der Waals surface area contributed by atoms with Crippen LogP contribution in [0.1, 0.15) is 40.5 Å². The van der Waals surface area contributed by atoms with Crippen LogP contribution in [-0.2, 0) is 27.8 Å². The zero-order valence-electron chi connectivity index (χ0n) is 13.1. The topological polar surface area (TPSA) is 80.3 Å². The van der Waals surface area contributed by atoms with E-state index in [1.165, 1.54) is 0 Å². The summed E-state index contributed by atoms with van der Waals surface area (Å²) >= 11 is 0. The van der Waals surface area contributed by atoms with Crippen molar-refractivity contribution in [1.82, 2.24) is 0 Å². The van der Waals surface area contributed by atoms with E-state index in [0.717, 1.165) is 12.8 Å². The first-order valence-electron chi connectivity index (χ1n) is 7.17. The van der Waals surface area contributed by atoms with Crippen LogP contribution >= 0.6 is 7.60 Å². The Kier molecular flexibility index (Phi) is 7.66. The molecule has 0 amide bonds. The minimum atomic E-state index is -3.35. The molecule has 1 saturated heterocycles. The summed E-state index contributed by atoms with van der Waals surface area (Å²) in [5, 5.41) is 0. The van der Waals surface area contributed by atoms with Crippen LogP contribution in [0.25, 0.3) is 0 Å². The van der Waals surface area contributed by atoms with Gasteiger partial charge in [0.05, 0.1) is 24.5 Å². The van der Waals surface area contributed by atoms with Crippen LogP contribution < -0.4 is 0 Å². The summed E-state index contributed by atoms with van der Waals surface area (Å²) in [4.78, 5) is 11.2. The highest BCUT2D eigenvalue weighted by Crippen LogP contribution is 2.53. The molecule has 1 unspecified atom stereocenters. The highest BCUT2D eigenvalue weighted by atomic mass is 31.2. The second kappa shape index (κ2) is 8.73. The average Bonchev–Trinajstić information content (AvgIpc) is 2.88. The van der Waals surface area contributed by atoms with Crippen molar-refractivity contribution in [2.75, 3.05) is 20.0 Å².